The summed E-state index contributed by atoms with van der Waals surface area (Å²) in [5.41, 5.74) is 5.57. The lowest BCUT2D eigenvalue weighted by Crippen LogP contribution is -2.33. The van der Waals surface area contributed by atoms with Crippen LogP contribution in [0.15, 0.2) is 11.4 Å². The van der Waals surface area contributed by atoms with Crippen LogP contribution in [0.4, 0.5) is 5.82 Å². The Kier molecular flexibility index (Phi) is 3.88. The molecule has 0 bridgehead atoms. The van der Waals surface area contributed by atoms with Crippen LogP contribution in [-0.4, -0.2) is 37.7 Å². The van der Waals surface area contributed by atoms with Crippen LogP contribution in [0, 0.1) is 5.92 Å². The van der Waals surface area contributed by atoms with Crippen LogP contribution >= 0.6 is 0 Å². The maximum atomic E-state index is 12.1. The summed E-state index contributed by atoms with van der Waals surface area (Å²) in [4.78, 5) is 3.78. The van der Waals surface area contributed by atoms with Gasteiger partial charge in [-0.15, -0.1) is 0 Å². The zero-order chi connectivity index (χ0) is 13.2. The van der Waals surface area contributed by atoms with Crippen LogP contribution < -0.4 is 10.5 Å². The standard InChI is InChI=1S/C10H18N4O3S/c1-14-7-12-9(11)10(14)18(15,16)13-6-8-2-4-17-5-3-8/h7-8,13H,2-6,11H2,1H3. The smallest absolute Gasteiger partial charge is 0.260 e. The molecule has 1 aliphatic heterocycles. The predicted molar refractivity (Wildman–Crippen MR) is 66.4 cm³/mol. The Morgan fingerprint density at radius 3 is 2.78 bits per heavy atom. The van der Waals surface area contributed by atoms with Gasteiger partial charge in [0.1, 0.15) is 0 Å². The second-order valence-electron chi connectivity index (χ2n) is 4.45. The summed E-state index contributed by atoms with van der Waals surface area (Å²) in [5.74, 6) is 0.347. The molecule has 8 heteroatoms. The summed E-state index contributed by atoms with van der Waals surface area (Å²) in [7, 11) is -1.99. The molecule has 1 fully saturated rings. The molecule has 18 heavy (non-hydrogen) atoms. The highest BCUT2D eigenvalue weighted by atomic mass is 32.2. The van der Waals surface area contributed by atoms with Crippen LogP contribution in [0.5, 0.6) is 0 Å². The topological polar surface area (TPSA) is 99.2 Å². The second kappa shape index (κ2) is 5.25. The van der Waals surface area contributed by atoms with E-state index < -0.39 is 10.0 Å². The lowest BCUT2D eigenvalue weighted by atomic mass is 10.0. The highest BCUT2D eigenvalue weighted by molar-refractivity contribution is 7.89. The van der Waals surface area contributed by atoms with Crippen molar-refractivity contribution in [3.05, 3.63) is 6.33 Å². The van der Waals surface area contributed by atoms with Gasteiger partial charge in [-0.25, -0.2) is 18.1 Å². The fourth-order valence-corrected chi connectivity index (χ4v) is 3.36. The van der Waals surface area contributed by atoms with Crippen molar-refractivity contribution in [2.75, 3.05) is 25.5 Å². The molecule has 0 aromatic carbocycles. The van der Waals surface area contributed by atoms with Crippen molar-refractivity contribution in [1.29, 1.82) is 0 Å². The van der Waals surface area contributed by atoms with Gasteiger partial charge in [0.05, 0.1) is 6.33 Å². The fourth-order valence-electron chi connectivity index (χ4n) is 2.01. The normalized spacial score (nSPS) is 18.1. The molecule has 0 radical (unpaired) electrons. The summed E-state index contributed by atoms with van der Waals surface area (Å²) in [6, 6.07) is 0. The number of rotatable bonds is 4. The Balaban J connectivity index is 2.03. The molecule has 1 aliphatic rings. The lowest BCUT2D eigenvalue weighted by molar-refractivity contribution is 0.0678. The Morgan fingerprint density at radius 2 is 2.22 bits per heavy atom. The number of anilines is 1. The Bertz CT molecular complexity index is 486. The maximum absolute atomic E-state index is 12.1. The van der Waals surface area contributed by atoms with E-state index in [9.17, 15) is 8.42 Å². The van der Waals surface area contributed by atoms with Crippen molar-refractivity contribution in [2.24, 2.45) is 13.0 Å². The van der Waals surface area contributed by atoms with Gasteiger partial charge in [-0.05, 0) is 18.8 Å². The van der Waals surface area contributed by atoms with E-state index in [1.165, 1.54) is 10.9 Å². The lowest BCUT2D eigenvalue weighted by Gasteiger charge is -2.22. The van der Waals surface area contributed by atoms with Crippen LogP contribution in [0.3, 0.4) is 0 Å². The van der Waals surface area contributed by atoms with Gasteiger partial charge in [0, 0.05) is 26.8 Å². The molecule has 0 aliphatic carbocycles. The summed E-state index contributed by atoms with van der Waals surface area (Å²) in [6.45, 7) is 1.80. The minimum absolute atomic E-state index is 0.0227. The monoisotopic (exact) mass is 274 g/mol. The second-order valence-corrected chi connectivity index (χ2v) is 6.14. The van der Waals surface area contributed by atoms with Gasteiger partial charge >= 0.3 is 0 Å². The minimum atomic E-state index is -3.59. The number of imidazole rings is 1. The fraction of sp³-hybridized carbons (Fsp3) is 0.700. The zero-order valence-electron chi connectivity index (χ0n) is 10.3. The largest absolute Gasteiger partial charge is 0.381 e. The van der Waals surface area contributed by atoms with Crippen LogP contribution in [0.1, 0.15) is 12.8 Å². The molecule has 0 saturated carbocycles. The number of aromatic nitrogens is 2. The first kappa shape index (κ1) is 13.3. The van der Waals surface area contributed by atoms with Crippen molar-refractivity contribution in [3.63, 3.8) is 0 Å². The average Bonchev–Trinajstić information content (AvgIpc) is 2.69. The number of nitrogens with zero attached hydrogens (tertiary/aromatic N) is 2. The number of nitrogen functional groups attached to an aromatic ring is 1. The minimum Gasteiger partial charge on any atom is -0.381 e. The number of ether oxygens (including phenoxy) is 1. The van der Waals surface area contributed by atoms with Gasteiger partial charge < -0.3 is 15.0 Å². The third-order valence-electron chi connectivity index (χ3n) is 3.07. The first-order chi connectivity index (χ1) is 8.50. The zero-order valence-corrected chi connectivity index (χ0v) is 11.1. The molecule has 2 rings (SSSR count). The van der Waals surface area contributed by atoms with E-state index in [1.54, 1.807) is 7.05 Å². The molecule has 102 valence electrons. The third kappa shape index (κ3) is 2.82. The molecule has 0 atom stereocenters. The highest BCUT2D eigenvalue weighted by Crippen LogP contribution is 2.17. The van der Waals surface area contributed by atoms with E-state index >= 15 is 0 Å². The van der Waals surface area contributed by atoms with Gasteiger partial charge in [-0.1, -0.05) is 0 Å². The van der Waals surface area contributed by atoms with E-state index in [4.69, 9.17) is 10.5 Å². The Labute approximate surface area is 106 Å². The molecule has 1 aromatic rings. The molecule has 2 heterocycles. The van der Waals surface area contributed by atoms with Gasteiger partial charge in [0.2, 0.25) is 0 Å². The number of aryl methyl sites for hydroxylation is 1. The average molecular weight is 274 g/mol. The van der Waals surface area contributed by atoms with E-state index in [2.05, 4.69) is 9.71 Å². The summed E-state index contributed by atoms with van der Waals surface area (Å²) in [5, 5.41) is 0.0227. The first-order valence-corrected chi connectivity index (χ1v) is 7.33. The van der Waals surface area contributed by atoms with Crippen molar-refractivity contribution < 1.29 is 13.2 Å². The number of nitrogens with one attached hydrogen (secondary N) is 1. The van der Waals surface area contributed by atoms with Crippen molar-refractivity contribution >= 4 is 15.8 Å². The van der Waals surface area contributed by atoms with Crippen molar-refractivity contribution in [1.82, 2.24) is 14.3 Å². The molecule has 1 aromatic heterocycles. The van der Waals surface area contributed by atoms with Gasteiger partial charge in [-0.3, -0.25) is 0 Å². The van der Waals surface area contributed by atoms with E-state index in [0.717, 1.165) is 12.8 Å². The summed E-state index contributed by atoms with van der Waals surface area (Å²) < 4.78 is 33.4. The number of nitrogens with two attached hydrogens (primary N) is 1. The van der Waals surface area contributed by atoms with Gasteiger partial charge in [-0.2, -0.15) is 0 Å². The molecule has 0 spiro atoms. The third-order valence-corrected chi connectivity index (χ3v) is 4.62. The number of sulfonamides is 1. The van der Waals surface area contributed by atoms with Crippen LogP contribution in [0.2, 0.25) is 0 Å². The van der Waals surface area contributed by atoms with E-state index in [-0.39, 0.29) is 10.8 Å². The first-order valence-electron chi connectivity index (χ1n) is 5.85. The summed E-state index contributed by atoms with van der Waals surface area (Å²) >= 11 is 0. The van der Waals surface area contributed by atoms with Crippen LogP contribution in [0.25, 0.3) is 0 Å². The molecule has 1 saturated heterocycles. The molecule has 7 nitrogen and oxygen atoms in total. The Morgan fingerprint density at radius 1 is 1.56 bits per heavy atom. The van der Waals surface area contributed by atoms with Gasteiger partial charge in [0.25, 0.3) is 10.0 Å². The maximum Gasteiger partial charge on any atom is 0.260 e. The summed E-state index contributed by atoms with van der Waals surface area (Å²) in [6.07, 6.45) is 3.14. The van der Waals surface area contributed by atoms with Crippen molar-refractivity contribution in [3.8, 4) is 0 Å². The van der Waals surface area contributed by atoms with Crippen molar-refractivity contribution in [2.45, 2.75) is 17.9 Å². The molecule has 0 unspecified atom stereocenters. The Hall–Kier alpha value is -1.12. The SMILES string of the molecule is Cn1cnc(N)c1S(=O)(=O)NCC1CCOCC1. The number of hydrogen-bond donors (Lipinski definition) is 2. The van der Waals surface area contributed by atoms with Crippen LogP contribution in [-0.2, 0) is 21.8 Å². The molecule has 0 amide bonds. The quantitative estimate of drug-likeness (QED) is 0.786. The molecular formula is C10H18N4O3S. The van der Waals surface area contributed by atoms with Gasteiger partial charge in [0.15, 0.2) is 10.8 Å². The molecule has 3 N–H and O–H groups in total. The number of hydrogen-bond acceptors (Lipinski definition) is 5. The molecular weight excluding hydrogens is 256 g/mol. The van der Waals surface area contributed by atoms with E-state index in [1.807, 2.05) is 0 Å². The van der Waals surface area contributed by atoms with E-state index in [0.29, 0.717) is 25.7 Å². The highest BCUT2D eigenvalue weighted by Gasteiger charge is 2.24. The predicted octanol–water partition coefficient (Wildman–Crippen LogP) is -0.293.